The van der Waals surface area contributed by atoms with Crippen LogP contribution in [0.25, 0.3) is 5.69 Å². The molecule has 32 heavy (non-hydrogen) atoms. The maximum atomic E-state index is 6.41. The van der Waals surface area contributed by atoms with Gasteiger partial charge in [0, 0.05) is 48.2 Å². The van der Waals surface area contributed by atoms with Crippen LogP contribution in [-0.4, -0.2) is 43.8 Å². The fourth-order valence-corrected chi connectivity index (χ4v) is 6.41. The van der Waals surface area contributed by atoms with E-state index in [2.05, 4.69) is 43.6 Å². The Bertz CT molecular complexity index is 1160. The third-order valence-electron chi connectivity index (χ3n) is 8.10. The minimum absolute atomic E-state index is 0.417. The van der Waals surface area contributed by atoms with Gasteiger partial charge in [0.2, 0.25) is 0 Å². The molecule has 0 radical (unpaired) electrons. The topological polar surface area (TPSA) is 50.1 Å². The van der Waals surface area contributed by atoms with E-state index in [1.807, 2.05) is 18.3 Å². The van der Waals surface area contributed by atoms with Gasteiger partial charge >= 0.3 is 0 Å². The average Bonchev–Trinajstić information content (AvgIpc) is 3.01. The predicted molar refractivity (Wildman–Crippen MR) is 124 cm³/mol. The predicted octanol–water partition coefficient (Wildman–Crippen LogP) is 4.57. The summed E-state index contributed by atoms with van der Waals surface area (Å²) >= 11 is 6.41. The van der Waals surface area contributed by atoms with Crippen molar-refractivity contribution in [3.05, 3.63) is 64.8 Å². The van der Waals surface area contributed by atoms with Gasteiger partial charge in [0.05, 0.1) is 12.2 Å². The Hall–Kier alpha value is -2.44. The van der Waals surface area contributed by atoms with E-state index < -0.39 is 0 Å². The van der Waals surface area contributed by atoms with Crippen LogP contribution in [0.2, 0.25) is 5.02 Å². The number of hydrogen-bond donors (Lipinski definition) is 0. The van der Waals surface area contributed by atoms with Crippen LogP contribution in [0.15, 0.2) is 42.6 Å². The fraction of sp³-hybridized carbons (Fsp3) is 0.480. The van der Waals surface area contributed by atoms with E-state index in [1.165, 1.54) is 43.4 Å². The van der Waals surface area contributed by atoms with Crippen molar-refractivity contribution in [2.75, 3.05) is 18.0 Å². The molecule has 4 heterocycles. The summed E-state index contributed by atoms with van der Waals surface area (Å²) in [5, 5.41) is 10.3. The molecule has 164 valence electrons. The molecule has 7 heteroatoms. The number of nitrogens with zero attached hydrogens (tertiary/aromatic N) is 6. The molecule has 1 spiro atoms. The van der Waals surface area contributed by atoms with Crippen molar-refractivity contribution in [3.8, 4) is 5.69 Å². The molecule has 7 rings (SSSR count). The summed E-state index contributed by atoms with van der Waals surface area (Å²) in [6.07, 6.45) is 8.16. The van der Waals surface area contributed by atoms with Crippen LogP contribution in [0, 0.1) is 5.41 Å². The Morgan fingerprint density at radius 1 is 1.00 bits per heavy atom. The summed E-state index contributed by atoms with van der Waals surface area (Å²) < 4.78 is 2.36. The molecule has 2 aliphatic carbocycles. The van der Waals surface area contributed by atoms with E-state index in [4.69, 9.17) is 21.8 Å². The number of pyridine rings is 1. The van der Waals surface area contributed by atoms with Gasteiger partial charge in [-0.2, -0.15) is 0 Å². The van der Waals surface area contributed by atoms with E-state index in [0.29, 0.717) is 17.4 Å². The number of hydrogen-bond acceptors (Lipinski definition) is 5. The Labute approximate surface area is 193 Å². The van der Waals surface area contributed by atoms with Gasteiger partial charge in [-0.1, -0.05) is 24.1 Å². The Morgan fingerprint density at radius 3 is 2.62 bits per heavy atom. The van der Waals surface area contributed by atoms with Crippen molar-refractivity contribution >= 4 is 17.4 Å². The lowest BCUT2D eigenvalue weighted by Crippen LogP contribution is -2.62. The van der Waals surface area contributed by atoms with Gasteiger partial charge in [-0.3, -0.25) is 9.47 Å². The van der Waals surface area contributed by atoms with Crippen molar-refractivity contribution in [2.24, 2.45) is 5.41 Å². The first-order valence-electron chi connectivity index (χ1n) is 11.8. The summed E-state index contributed by atoms with van der Waals surface area (Å²) in [5.74, 6) is 3.79. The minimum atomic E-state index is 0.417. The molecule has 2 aliphatic heterocycles. The van der Waals surface area contributed by atoms with E-state index in [9.17, 15) is 0 Å². The number of fused-ring (bicyclic) bond motifs is 3. The van der Waals surface area contributed by atoms with Crippen molar-refractivity contribution in [1.29, 1.82) is 0 Å². The fourth-order valence-electron chi connectivity index (χ4n) is 6.22. The van der Waals surface area contributed by atoms with E-state index in [1.54, 1.807) is 0 Å². The monoisotopic (exact) mass is 446 g/mol. The molecule has 4 aliphatic rings. The first kappa shape index (κ1) is 19.1. The second-order valence-corrected chi connectivity index (χ2v) is 10.7. The second kappa shape index (κ2) is 7.03. The van der Waals surface area contributed by atoms with Crippen molar-refractivity contribution in [3.63, 3.8) is 0 Å². The summed E-state index contributed by atoms with van der Waals surface area (Å²) in [6, 6.07) is 13.1. The molecule has 2 saturated carbocycles. The third kappa shape index (κ3) is 2.92. The Morgan fingerprint density at radius 2 is 1.88 bits per heavy atom. The summed E-state index contributed by atoms with van der Waals surface area (Å²) in [5.41, 5.74) is 2.93. The maximum Gasteiger partial charge on any atom is 0.151 e. The first-order chi connectivity index (χ1) is 15.7. The number of anilines is 1. The summed E-state index contributed by atoms with van der Waals surface area (Å²) in [7, 11) is 0. The molecule has 0 atom stereocenters. The van der Waals surface area contributed by atoms with Gasteiger partial charge in [0.1, 0.15) is 11.6 Å². The lowest BCUT2D eigenvalue weighted by Gasteiger charge is -2.59. The van der Waals surface area contributed by atoms with E-state index >= 15 is 0 Å². The van der Waals surface area contributed by atoms with Crippen LogP contribution in [0.3, 0.4) is 0 Å². The molecule has 0 amide bonds. The zero-order chi connectivity index (χ0) is 21.3. The van der Waals surface area contributed by atoms with Crippen molar-refractivity contribution in [2.45, 2.75) is 57.2 Å². The van der Waals surface area contributed by atoms with Gasteiger partial charge in [-0.25, -0.2) is 4.98 Å². The van der Waals surface area contributed by atoms with Gasteiger partial charge in [0.25, 0.3) is 0 Å². The standard InChI is InChI=1S/C25H27ClN6/c26-19-7-8-21-17(10-19)13-30(20-4-3-5-20)14-23-28-29-24(32(21)23)18-11-25(12-18)15-31(16-25)22-6-1-2-9-27-22/h1-2,6-10,18,20H,3-5,11-16H2. The number of rotatable bonds is 3. The van der Waals surface area contributed by atoms with E-state index in [-0.39, 0.29) is 0 Å². The highest BCUT2D eigenvalue weighted by Crippen LogP contribution is 2.56. The zero-order valence-corrected chi connectivity index (χ0v) is 18.9. The molecular formula is C25H27ClN6. The number of aromatic nitrogens is 4. The van der Waals surface area contributed by atoms with Gasteiger partial charge < -0.3 is 4.90 Å². The molecule has 2 aromatic heterocycles. The quantitative estimate of drug-likeness (QED) is 0.590. The van der Waals surface area contributed by atoms with Crippen molar-refractivity contribution < 1.29 is 0 Å². The van der Waals surface area contributed by atoms with Crippen LogP contribution in [-0.2, 0) is 13.1 Å². The number of halogens is 1. The largest absolute Gasteiger partial charge is 0.355 e. The molecule has 0 N–H and O–H groups in total. The SMILES string of the molecule is Clc1ccc2c(c1)CN(C1CCC1)Cc1nnc(C3CC4(C3)CN(c3ccccn3)C4)n1-2. The van der Waals surface area contributed by atoms with Crippen molar-refractivity contribution in [1.82, 2.24) is 24.6 Å². The molecule has 0 unspecified atom stereocenters. The lowest BCUT2D eigenvalue weighted by molar-refractivity contribution is 0.0581. The highest BCUT2D eigenvalue weighted by Gasteiger charge is 2.54. The number of benzene rings is 1. The summed E-state index contributed by atoms with van der Waals surface area (Å²) in [6.45, 7) is 4.01. The second-order valence-electron chi connectivity index (χ2n) is 10.2. The van der Waals surface area contributed by atoms with Crippen LogP contribution in [0.1, 0.15) is 55.2 Å². The average molecular weight is 447 g/mol. The Balaban J connectivity index is 1.16. The third-order valence-corrected chi connectivity index (χ3v) is 8.33. The zero-order valence-electron chi connectivity index (χ0n) is 18.1. The first-order valence-corrected chi connectivity index (χ1v) is 12.2. The van der Waals surface area contributed by atoms with E-state index in [0.717, 1.165) is 48.7 Å². The Kier molecular flexibility index (Phi) is 4.19. The maximum absolute atomic E-state index is 6.41. The summed E-state index contributed by atoms with van der Waals surface area (Å²) in [4.78, 5) is 9.49. The van der Waals surface area contributed by atoms with Gasteiger partial charge in [0.15, 0.2) is 5.82 Å². The van der Waals surface area contributed by atoms with Crippen LogP contribution >= 0.6 is 11.6 Å². The molecule has 3 fully saturated rings. The van der Waals surface area contributed by atoms with Crippen LogP contribution in [0.5, 0.6) is 0 Å². The molecule has 0 bridgehead atoms. The molecule has 1 aromatic carbocycles. The lowest BCUT2D eigenvalue weighted by atomic mass is 9.57. The van der Waals surface area contributed by atoms with Crippen LogP contribution in [0.4, 0.5) is 5.82 Å². The van der Waals surface area contributed by atoms with Gasteiger partial charge in [-0.05, 0) is 61.6 Å². The highest BCUT2D eigenvalue weighted by atomic mass is 35.5. The minimum Gasteiger partial charge on any atom is -0.355 e. The van der Waals surface area contributed by atoms with Gasteiger partial charge in [-0.15, -0.1) is 10.2 Å². The smallest absolute Gasteiger partial charge is 0.151 e. The highest BCUT2D eigenvalue weighted by molar-refractivity contribution is 6.30. The van der Waals surface area contributed by atoms with Crippen LogP contribution < -0.4 is 4.90 Å². The molecular weight excluding hydrogens is 420 g/mol. The normalized spacial score (nSPS) is 22.5. The molecule has 6 nitrogen and oxygen atoms in total. The molecule has 3 aromatic rings. The molecule has 1 saturated heterocycles.